The van der Waals surface area contributed by atoms with Gasteiger partial charge in [-0.3, -0.25) is 34.9 Å². The number of hydrogen-bond acceptors (Lipinski definition) is 10. The first-order valence-corrected chi connectivity index (χ1v) is 48.4. The highest BCUT2D eigenvalue weighted by molar-refractivity contribution is 6.30. The second kappa shape index (κ2) is 38.2. The standard InChI is InChI=1S/3C34H22N2.C32H20N4/c1-2-11-29-27(9-1)28-10-3-4-12-30(28)32-22-23(15-16-31(29)32)24-19-25(33-13-5-7-17-35-33)21-26(20-24)34-14-6-8-18-36-34;1-2-11-30-28(9-1)29-10-3-4-12-31(29)33-21-23(14-15-32(30)33)25-18-26(24-8-7-16-35-22-24)20-27(19-25)34-13-5-6-17-36-34;1-2-7-31-29(5-1)30-6-3-4-8-32(30)34-22-25(9-10-33(31)34)28-20-26(23-11-15-35-16-12-23)19-27(21-28)24-13-17-36-18-14-24;1-2-8-21(9-3-1)30-34-31(22-16-18-33-19-17-22)36-32(35-30)23-14-15-28-26-12-5-4-10-24(26)25-11-6-7-13-27(25)29(28)20-23/h3*1-22H;1-20H. The molecule has 144 heavy (non-hydrogen) atoms. The molecule has 28 aromatic rings. The van der Waals surface area contributed by atoms with Crippen LogP contribution in [0.2, 0.25) is 0 Å². The lowest BCUT2D eigenvalue weighted by molar-refractivity contribution is 1.07. The summed E-state index contributed by atoms with van der Waals surface area (Å²) in [7, 11) is 0. The normalized spacial score (nSPS) is 11.3. The molecule has 10 nitrogen and oxygen atoms in total. The zero-order valence-electron chi connectivity index (χ0n) is 78.1. The Morgan fingerprint density at radius 1 is 0.104 bits per heavy atom. The number of rotatable bonds is 12. The molecule has 0 fully saturated rings. The van der Waals surface area contributed by atoms with Crippen molar-refractivity contribution in [2.45, 2.75) is 0 Å². The van der Waals surface area contributed by atoms with Gasteiger partial charge >= 0.3 is 0 Å². The highest BCUT2D eigenvalue weighted by atomic mass is 15.0. The van der Waals surface area contributed by atoms with Crippen molar-refractivity contribution in [3.63, 3.8) is 0 Å². The number of aromatic nitrogens is 10. The lowest BCUT2D eigenvalue weighted by Gasteiger charge is -2.14. The van der Waals surface area contributed by atoms with Gasteiger partial charge in [0.2, 0.25) is 0 Å². The third-order valence-corrected chi connectivity index (χ3v) is 27.5. The van der Waals surface area contributed by atoms with Crippen LogP contribution in [0.4, 0.5) is 0 Å². The van der Waals surface area contributed by atoms with Crippen molar-refractivity contribution in [2.75, 3.05) is 0 Å². The molecule has 672 valence electrons. The molecule has 0 unspecified atom stereocenters. The molecule has 0 atom stereocenters. The average molecular weight is 1840 g/mol. The summed E-state index contributed by atoms with van der Waals surface area (Å²) in [5.41, 5.74) is 22.9. The topological polar surface area (TPSA) is 129 Å². The summed E-state index contributed by atoms with van der Waals surface area (Å²) in [6.07, 6.45) is 20.2. The Kier molecular flexibility index (Phi) is 22.8. The minimum atomic E-state index is 0.629. The molecule has 0 spiro atoms. The van der Waals surface area contributed by atoms with Gasteiger partial charge in [0.05, 0.1) is 17.1 Å². The van der Waals surface area contributed by atoms with Crippen molar-refractivity contribution in [3.05, 3.63) is 523 Å². The Labute approximate surface area is 831 Å². The fourth-order valence-electron chi connectivity index (χ4n) is 20.7. The zero-order valence-corrected chi connectivity index (χ0v) is 78.1. The number of benzene rings is 20. The van der Waals surface area contributed by atoms with Gasteiger partial charge in [-0.15, -0.1) is 0 Å². The third kappa shape index (κ3) is 16.8. The fraction of sp³-hybridized carbons (Fsp3) is 0. The maximum absolute atomic E-state index is 4.91. The van der Waals surface area contributed by atoms with Crippen molar-refractivity contribution in [3.8, 4) is 135 Å². The van der Waals surface area contributed by atoms with Gasteiger partial charge < -0.3 is 0 Å². The summed E-state index contributed by atoms with van der Waals surface area (Å²) in [4.78, 5) is 45.4. The molecular formula is C134H86N10. The summed E-state index contributed by atoms with van der Waals surface area (Å²) in [6, 6.07) is 161. The van der Waals surface area contributed by atoms with E-state index in [0.29, 0.717) is 17.5 Å². The molecule has 0 bridgehead atoms. The SMILES string of the molecule is c1ccc(-c2cc(-c3ccc4c5ccccc5c5ccccc5c4c3)cc(-c3ccccn3)c2)nc1.c1ccc(-c2cc(-c3cccnc3)cc(-c3ccc4c5ccccc5c5ccccc5c4c3)c2)nc1.c1ccc(-c2nc(-c3ccncc3)nc(-c3ccc4c5ccccc5c5ccccc5c4c3)n2)cc1.c1ccc2c(c1)c1ccccc1c1cc(-c3cc(-c4ccncc4)cc(-c4ccncc4)c3)ccc21. The molecule has 0 saturated carbocycles. The maximum atomic E-state index is 4.91. The minimum Gasteiger partial charge on any atom is -0.265 e. The molecule has 0 aliphatic rings. The Morgan fingerprint density at radius 2 is 0.319 bits per heavy atom. The smallest absolute Gasteiger partial charge is 0.164 e. The third-order valence-electron chi connectivity index (χ3n) is 27.5. The number of hydrogen-bond donors (Lipinski definition) is 0. The van der Waals surface area contributed by atoms with E-state index in [2.05, 4.69) is 405 Å². The molecule has 0 radical (unpaired) electrons. The van der Waals surface area contributed by atoms with Gasteiger partial charge in [-0.05, 0) is 348 Å². The predicted octanol–water partition coefficient (Wildman–Crippen LogP) is 34.5. The van der Waals surface area contributed by atoms with E-state index in [-0.39, 0.29) is 0 Å². The van der Waals surface area contributed by atoms with Gasteiger partial charge in [0.1, 0.15) is 0 Å². The zero-order chi connectivity index (χ0) is 95.6. The summed E-state index contributed by atoms with van der Waals surface area (Å²) in [5.74, 6) is 1.93. The second-order valence-corrected chi connectivity index (χ2v) is 36.1. The maximum Gasteiger partial charge on any atom is 0.164 e. The van der Waals surface area contributed by atoms with Crippen LogP contribution in [-0.2, 0) is 0 Å². The summed E-state index contributed by atoms with van der Waals surface area (Å²) in [6.45, 7) is 0. The fourth-order valence-corrected chi connectivity index (χ4v) is 20.7. The van der Waals surface area contributed by atoms with E-state index in [0.717, 1.165) is 83.8 Å². The first-order chi connectivity index (χ1) is 71.4. The van der Waals surface area contributed by atoms with Crippen LogP contribution in [0, 0.1) is 0 Å². The highest BCUT2D eigenvalue weighted by Gasteiger charge is 2.21. The average Bonchev–Trinajstić information content (AvgIpc) is 0.750. The van der Waals surface area contributed by atoms with Crippen LogP contribution in [-0.4, -0.2) is 49.8 Å². The monoisotopic (exact) mass is 1830 g/mol. The van der Waals surface area contributed by atoms with Crippen LogP contribution in [0.5, 0.6) is 0 Å². The molecule has 20 aromatic carbocycles. The van der Waals surface area contributed by atoms with Crippen molar-refractivity contribution < 1.29 is 0 Å². The van der Waals surface area contributed by atoms with Crippen molar-refractivity contribution in [1.82, 2.24) is 49.8 Å². The Hall–Kier alpha value is -19.4. The van der Waals surface area contributed by atoms with Gasteiger partial charge in [-0.25, -0.2) is 15.0 Å². The van der Waals surface area contributed by atoms with Crippen LogP contribution in [0.15, 0.2) is 523 Å². The molecule has 0 aliphatic heterocycles. The van der Waals surface area contributed by atoms with Gasteiger partial charge in [0, 0.05) is 107 Å². The van der Waals surface area contributed by atoms with Crippen LogP contribution < -0.4 is 0 Å². The number of fused-ring (bicyclic) bond motifs is 24. The second-order valence-electron chi connectivity index (χ2n) is 36.1. The molecular weight excluding hydrogens is 1750 g/mol. The first kappa shape index (κ1) is 86.2. The van der Waals surface area contributed by atoms with Crippen molar-refractivity contribution in [2.24, 2.45) is 0 Å². The minimum absolute atomic E-state index is 0.629. The molecule has 8 aromatic heterocycles. The first-order valence-electron chi connectivity index (χ1n) is 48.4. The van der Waals surface area contributed by atoms with Crippen molar-refractivity contribution >= 4 is 129 Å². The Bertz CT molecular complexity index is 8250. The predicted molar refractivity (Wildman–Crippen MR) is 599 cm³/mol. The van der Waals surface area contributed by atoms with E-state index in [1.165, 1.54) is 163 Å². The van der Waals surface area contributed by atoms with Crippen molar-refractivity contribution in [1.29, 1.82) is 0 Å². The molecule has 28 rings (SSSR count). The van der Waals surface area contributed by atoms with E-state index in [1.807, 2.05) is 141 Å². The van der Waals surface area contributed by atoms with Gasteiger partial charge in [0.25, 0.3) is 0 Å². The molecule has 0 amide bonds. The van der Waals surface area contributed by atoms with Gasteiger partial charge in [-0.2, -0.15) is 0 Å². The van der Waals surface area contributed by atoms with Crippen LogP contribution >= 0.6 is 0 Å². The number of nitrogens with zero attached hydrogens (tertiary/aromatic N) is 10. The van der Waals surface area contributed by atoms with Crippen LogP contribution in [0.3, 0.4) is 0 Å². The molecule has 0 N–H and O–H groups in total. The molecule has 8 heterocycles. The number of pyridine rings is 7. The van der Waals surface area contributed by atoms with Crippen LogP contribution in [0.1, 0.15) is 0 Å². The van der Waals surface area contributed by atoms with E-state index >= 15 is 0 Å². The lowest BCUT2D eigenvalue weighted by Crippen LogP contribution is -2.00. The van der Waals surface area contributed by atoms with E-state index < -0.39 is 0 Å². The largest absolute Gasteiger partial charge is 0.265 e. The highest BCUT2D eigenvalue weighted by Crippen LogP contribution is 2.46. The van der Waals surface area contributed by atoms with Gasteiger partial charge in [0.15, 0.2) is 17.5 Å². The van der Waals surface area contributed by atoms with E-state index in [1.54, 1.807) is 12.4 Å². The van der Waals surface area contributed by atoms with E-state index in [4.69, 9.17) is 15.0 Å². The van der Waals surface area contributed by atoms with Gasteiger partial charge in [-0.1, -0.05) is 297 Å². The van der Waals surface area contributed by atoms with Crippen LogP contribution in [0.25, 0.3) is 264 Å². The molecule has 0 saturated heterocycles. The Balaban J connectivity index is 0.000000101. The summed E-state index contributed by atoms with van der Waals surface area (Å²) >= 11 is 0. The Morgan fingerprint density at radius 3 is 0.604 bits per heavy atom. The summed E-state index contributed by atoms with van der Waals surface area (Å²) < 4.78 is 0. The molecule has 10 heteroatoms. The molecule has 0 aliphatic carbocycles. The summed E-state index contributed by atoms with van der Waals surface area (Å²) in [5, 5.41) is 30.5. The van der Waals surface area contributed by atoms with E-state index in [9.17, 15) is 0 Å². The quantitative estimate of drug-likeness (QED) is 0.109. The lowest BCUT2D eigenvalue weighted by atomic mass is 9.90.